The summed E-state index contributed by atoms with van der Waals surface area (Å²) in [6.07, 6.45) is 0.629. The van der Waals surface area contributed by atoms with E-state index >= 15 is 0 Å². The third kappa shape index (κ3) is 3.15. The Morgan fingerprint density at radius 1 is 1.19 bits per heavy atom. The number of ketones is 1. The minimum absolute atomic E-state index is 0.249. The van der Waals surface area contributed by atoms with Gasteiger partial charge in [-0.25, -0.2) is 0 Å². The van der Waals surface area contributed by atoms with Crippen molar-refractivity contribution in [2.45, 2.75) is 6.42 Å². The van der Waals surface area contributed by atoms with Gasteiger partial charge in [0, 0.05) is 44.7 Å². The second kappa shape index (κ2) is 5.77. The molecule has 0 radical (unpaired) electrons. The van der Waals surface area contributed by atoms with E-state index in [4.69, 9.17) is 0 Å². The Morgan fingerprint density at radius 2 is 1.88 bits per heavy atom. The van der Waals surface area contributed by atoms with Gasteiger partial charge in [-0.05, 0) is 0 Å². The highest BCUT2D eigenvalue weighted by molar-refractivity contribution is 5.96. The van der Waals surface area contributed by atoms with Crippen LogP contribution in [0.5, 0.6) is 0 Å². The van der Waals surface area contributed by atoms with E-state index in [1.165, 1.54) is 0 Å². The molecule has 1 heterocycles. The van der Waals surface area contributed by atoms with E-state index in [1.54, 1.807) is 0 Å². The van der Waals surface area contributed by atoms with Crippen LogP contribution < -0.4 is 5.32 Å². The second-order valence-electron chi connectivity index (χ2n) is 4.13. The average molecular weight is 218 g/mol. The molecule has 1 aromatic carbocycles. The molecule has 0 amide bonds. The number of piperazine rings is 1. The van der Waals surface area contributed by atoms with Crippen LogP contribution in [0.2, 0.25) is 0 Å². The first-order valence-corrected chi connectivity index (χ1v) is 5.87. The second-order valence-corrected chi connectivity index (χ2v) is 4.13. The smallest absolute Gasteiger partial charge is 0.164 e. The molecule has 3 nitrogen and oxygen atoms in total. The van der Waals surface area contributed by atoms with Gasteiger partial charge in [0.15, 0.2) is 5.78 Å². The third-order valence-electron chi connectivity index (χ3n) is 2.96. The number of carbonyl (C=O) groups excluding carboxylic acids is 1. The summed E-state index contributed by atoms with van der Waals surface area (Å²) >= 11 is 0. The molecule has 86 valence electrons. The molecule has 0 aromatic heterocycles. The lowest BCUT2D eigenvalue weighted by Crippen LogP contribution is -2.44. The lowest BCUT2D eigenvalue weighted by Gasteiger charge is -2.26. The molecule has 0 aliphatic carbocycles. The van der Waals surface area contributed by atoms with Crippen molar-refractivity contribution in [1.82, 2.24) is 10.2 Å². The zero-order valence-corrected chi connectivity index (χ0v) is 9.48. The Balaban J connectivity index is 1.79. The maximum absolute atomic E-state index is 11.8. The van der Waals surface area contributed by atoms with Crippen LogP contribution in [0, 0.1) is 0 Å². The van der Waals surface area contributed by atoms with Crippen molar-refractivity contribution in [1.29, 1.82) is 0 Å². The standard InChI is InChI=1S/C13H18N2O/c16-13(12-4-2-1-3-5-12)6-9-15-10-7-14-8-11-15/h1-5,14H,6-11H2. The molecular formula is C13H18N2O. The summed E-state index contributed by atoms with van der Waals surface area (Å²) in [5.41, 5.74) is 0.831. The molecule has 1 saturated heterocycles. The predicted molar refractivity (Wildman–Crippen MR) is 64.7 cm³/mol. The molecular weight excluding hydrogens is 200 g/mol. The van der Waals surface area contributed by atoms with Crippen molar-refractivity contribution < 1.29 is 4.79 Å². The number of nitrogens with one attached hydrogen (secondary N) is 1. The van der Waals surface area contributed by atoms with Gasteiger partial charge in [-0.1, -0.05) is 30.3 Å². The van der Waals surface area contributed by atoms with Crippen molar-refractivity contribution in [2.24, 2.45) is 0 Å². The van der Waals surface area contributed by atoms with E-state index < -0.39 is 0 Å². The molecule has 0 spiro atoms. The fourth-order valence-corrected chi connectivity index (χ4v) is 1.96. The zero-order chi connectivity index (χ0) is 11.2. The fraction of sp³-hybridized carbons (Fsp3) is 0.462. The Hall–Kier alpha value is -1.19. The maximum atomic E-state index is 11.8. The van der Waals surface area contributed by atoms with Crippen LogP contribution in [0.4, 0.5) is 0 Å². The third-order valence-corrected chi connectivity index (χ3v) is 2.96. The van der Waals surface area contributed by atoms with Crippen molar-refractivity contribution >= 4 is 5.78 Å². The molecule has 1 aliphatic rings. The molecule has 1 N–H and O–H groups in total. The van der Waals surface area contributed by atoms with Gasteiger partial charge in [-0.3, -0.25) is 4.79 Å². The summed E-state index contributed by atoms with van der Waals surface area (Å²) in [5, 5.41) is 3.31. The molecule has 1 aliphatic heterocycles. The molecule has 1 fully saturated rings. The summed E-state index contributed by atoms with van der Waals surface area (Å²) in [6, 6.07) is 9.55. The van der Waals surface area contributed by atoms with E-state index in [2.05, 4.69) is 10.2 Å². The summed E-state index contributed by atoms with van der Waals surface area (Å²) in [6.45, 7) is 5.08. The number of nitrogens with zero attached hydrogens (tertiary/aromatic N) is 1. The lowest BCUT2D eigenvalue weighted by atomic mass is 10.1. The number of rotatable bonds is 4. The van der Waals surface area contributed by atoms with Gasteiger partial charge >= 0.3 is 0 Å². The summed E-state index contributed by atoms with van der Waals surface area (Å²) in [5.74, 6) is 0.249. The van der Waals surface area contributed by atoms with Crippen molar-refractivity contribution in [3.8, 4) is 0 Å². The van der Waals surface area contributed by atoms with E-state index in [1.807, 2.05) is 30.3 Å². The van der Waals surface area contributed by atoms with Gasteiger partial charge in [-0.2, -0.15) is 0 Å². The van der Waals surface area contributed by atoms with Crippen LogP contribution >= 0.6 is 0 Å². The van der Waals surface area contributed by atoms with Crippen molar-refractivity contribution in [3.63, 3.8) is 0 Å². The van der Waals surface area contributed by atoms with Gasteiger partial charge in [0.05, 0.1) is 0 Å². The van der Waals surface area contributed by atoms with E-state index in [-0.39, 0.29) is 5.78 Å². The van der Waals surface area contributed by atoms with Gasteiger partial charge in [0.1, 0.15) is 0 Å². The van der Waals surface area contributed by atoms with Gasteiger partial charge < -0.3 is 10.2 Å². The van der Waals surface area contributed by atoms with Crippen LogP contribution in [0.15, 0.2) is 30.3 Å². The van der Waals surface area contributed by atoms with E-state index in [0.717, 1.165) is 38.3 Å². The normalized spacial score (nSPS) is 17.2. The minimum Gasteiger partial charge on any atom is -0.314 e. The first-order valence-electron chi connectivity index (χ1n) is 5.87. The quantitative estimate of drug-likeness (QED) is 0.770. The van der Waals surface area contributed by atoms with Crippen molar-refractivity contribution in [2.75, 3.05) is 32.7 Å². The van der Waals surface area contributed by atoms with Gasteiger partial charge in [0.2, 0.25) is 0 Å². The van der Waals surface area contributed by atoms with E-state index in [0.29, 0.717) is 6.42 Å². The molecule has 0 atom stereocenters. The monoisotopic (exact) mass is 218 g/mol. The number of benzene rings is 1. The van der Waals surface area contributed by atoms with E-state index in [9.17, 15) is 4.79 Å². The first kappa shape index (κ1) is 11.3. The Morgan fingerprint density at radius 3 is 2.56 bits per heavy atom. The van der Waals surface area contributed by atoms with Gasteiger partial charge in [-0.15, -0.1) is 0 Å². The molecule has 2 rings (SSSR count). The van der Waals surface area contributed by atoms with Gasteiger partial charge in [0.25, 0.3) is 0 Å². The summed E-state index contributed by atoms with van der Waals surface area (Å²) in [7, 11) is 0. The lowest BCUT2D eigenvalue weighted by molar-refractivity contribution is 0.0960. The largest absolute Gasteiger partial charge is 0.314 e. The predicted octanol–water partition coefficient (Wildman–Crippen LogP) is 1.16. The Labute approximate surface area is 96.5 Å². The highest BCUT2D eigenvalue weighted by Crippen LogP contribution is 2.04. The van der Waals surface area contributed by atoms with Crippen LogP contribution in [0.25, 0.3) is 0 Å². The Kier molecular flexibility index (Phi) is 4.08. The van der Waals surface area contributed by atoms with Crippen molar-refractivity contribution in [3.05, 3.63) is 35.9 Å². The zero-order valence-electron chi connectivity index (χ0n) is 9.48. The van der Waals surface area contributed by atoms with Crippen LogP contribution in [0.1, 0.15) is 16.8 Å². The molecule has 16 heavy (non-hydrogen) atoms. The number of hydrogen-bond donors (Lipinski definition) is 1. The SMILES string of the molecule is O=C(CCN1CCNCC1)c1ccccc1. The molecule has 0 saturated carbocycles. The topological polar surface area (TPSA) is 32.3 Å². The summed E-state index contributed by atoms with van der Waals surface area (Å²) < 4.78 is 0. The number of hydrogen-bond acceptors (Lipinski definition) is 3. The summed E-state index contributed by atoms with van der Waals surface area (Å²) in [4.78, 5) is 14.2. The number of Topliss-reactive ketones (excluding diaryl/α,β-unsaturated/α-hetero) is 1. The highest BCUT2D eigenvalue weighted by Gasteiger charge is 2.11. The molecule has 0 unspecified atom stereocenters. The van der Waals surface area contributed by atoms with Crippen LogP contribution in [-0.4, -0.2) is 43.4 Å². The maximum Gasteiger partial charge on any atom is 0.164 e. The van der Waals surface area contributed by atoms with Crippen LogP contribution in [-0.2, 0) is 0 Å². The average Bonchev–Trinajstić information content (AvgIpc) is 2.38. The molecule has 3 heteroatoms. The highest BCUT2D eigenvalue weighted by atomic mass is 16.1. The first-order chi connectivity index (χ1) is 7.86. The molecule has 0 bridgehead atoms. The minimum atomic E-state index is 0.249. The molecule has 1 aromatic rings. The van der Waals surface area contributed by atoms with Crippen LogP contribution in [0.3, 0.4) is 0 Å². The Bertz CT molecular complexity index is 331. The fourth-order valence-electron chi connectivity index (χ4n) is 1.96. The number of carbonyl (C=O) groups is 1.